The summed E-state index contributed by atoms with van der Waals surface area (Å²) in [6.07, 6.45) is 0.511. The number of hydrogen-bond donors (Lipinski definition) is 2. The van der Waals surface area contributed by atoms with Gasteiger partial charge in [0.2, 0.25) is 0 Å². The molecule has 0 spiro atoms. The quantitative estimate of drug-likeness (QED) is 0.836. The molecule has 1 aromatic rings. The summed E-state index contributed by atoms with van der Waals surface area (Å²) in [6.45, 7) is 2.63. The lowest BCUT2D eigenvalue weighted by Crippen LogP contribution is -2.50. The van der Waals surface area contributed by atoms with Crippen molar-refractivity contribution in [2.75, 3.05) is 26.2 Å². The molecule has 19 heavy (non-hydrogen) atoms. The zero-order chi connectivity index (χ0) is 13.5. The summed E-state index contributed by atoms with van der Waals surface area (Å²) in [4.78, 5) is 13.3. The number of benzene rings is 1. The molecule has 2 unspecified atom stereocenters. The maximum atomic E-state index is 11.1. The Hall–Kier alpha value is -1.59. The molecule has 2 aliphatic rings. The average molecular weight is 262 g/mol. The lowest BCUT2D eigenvalue weighted by molar-refractivity contribution is -0.142. The zero-order valence-corrected chi connectivity index (χ0v) is 10.7. The molecule has 3 rings (SSSR count). The first-order valence-corrected chi connectivity index (χ1v) is 6.55. The second kappa shape index (κ2) is 4.51. The van der Waals surface area contributed by atoms with Crippen molar-refractivity contribution < 1.29 is 14.6 Å². The Labute approximate surface area is 112 Å². The molecule has 3 N–H and O–H groups in total. The number of nitrogens with two attached hydrogens (primary N) is 1. The lowest BCUT2D eigenvalue weighted by atomic mass is 10.00. The molecule has 0 aliphatic carbocycles. The number of carboxylic acid groups (broad SMARTS) is 1. The number of carboxylic acids is 1. The first-order valence-electron chi connectivity index (χ1n) is 6.55. The largest absolute Gasteiger partial charge is 0.493 e. The normalized spacial score (nSPS) is 30.1. The summed E-state index contributed by atoms with van der Waals surface area (Å²) in [5.74, 6) is 0.356. The van der Waals surface area contributed by atoms with Gasteiger partial charge in [-0.3, -0.25) is 4.79 Å². The van der Waals surface area contributed by atoms with Crippen LogP contribution in [0.25, 0.3) is 0 Å². The van der Waals surface area contributed by atoms with E-state index in [1.165, 1.54) is 5.56 Å². The molecule has 102 valence electrons. The van der Waals surface area contributed by atoms with Crippen molar-refractivity contribution in [3.05, 3.63) is 29.8 Å². The highest BCUT2D eigenvalue weighted by molar-refractivity contribution is 5.79. The number of hydrogen-bond acceptors (Lipinski definition) is 4. The maximum absolute atomic E-state index is 11.1. The van der Waals surface area contributed by atoms with E-state index < -0.39 is 11.5 Å². The molecule has 2 atom stereocenters. The molecule has 1 aromatic carbocycles. The third kappa shape index (κ3) is 2.19. The molecule has 0 amide bonds. The second-order valence-corrected chi connectivity index (χ2v) is 5.49. The van der Waals surface area contributed by atoms with Crippen molar-refractivity contribution in [1.82, 2.24) is 4.90 Å². The summed E-state index contributed by atoms with van der Waals surface area (Å²) >= 11 is 0. The van der Waals surface area contributed by atoms with Gasteiger partial charge in [-0.15, -0.1) is 0 Å². The van der Waals surface area contributed by atoms with E-state index in [-0.39, 0.29) is 0 Å². The van der Waals surface area contributed by atoms with Crippen LogP contribution in [0.5, 0.6) is 5.75 Å². The standard InChI is InChI=1S/C14H18N2O3/c15-14(13(17)18)5-6-16(9-14)7-10-8-19-12-4-2-1-3-11(10)12/h1-4,10H,5-9,15H2,(H,17,18). The molecule has 0 saturated carbocycles. The molecule has 0 aromatic heterocycles. The minimum atomic E-state index is -1.08. The molecule has 1 saturated heterocycles. The zero-order valence-electron chi connectivity index (χ0n) is 10.7. The highest BCUT2D eigenvalue weighted by Crippen LogP contribution is 2.34. The number of aliphatic carboxylic acids is 1. The predicted octanol–water partition coefficient (Wildman–Crippen LogP) is 0.650. The van der Waals surface area contributed by atoms with Crippen molar-refractivity contribution in [3.8, 4) is 5.75 Å². The van der Waals surface area contributed by atoms with Gasteiger partial charge in [0.05, 0.1) is 6.61 Å². The van der Waals surface area contributed by atoms with Crippen molar-refractivity contribution in [1.29, 1.82) is 0 Å². The van der Waals surface area contributed by atoms with Crippen LogP contribution in [0.1, 0.15) is 17.9 Å². The van der Waals surface area contributed by atoms with E-state index in [1.807, 2.05) is 18.2 Å². The third-order valence-corrected chi connectivity index (χ3v) is 4.08. The molecule has 2 heterocycles. The number of nitrogens with zero attached hydrogens (tertiary/aromatic N) is 1. The van der Waals surface area contributed by atoms with Crippen LogP contribution in [0.4, 0.5) is 0 Å². The van der Waals surface area contributed by atoms with Crippen LogP contribution < -0.4 is 10.5 Å². The van der Waals surface area contributed by atoms with Gasteiger partial charge in [0, 0.05) is 31.1 Å². The van der Waals surface area contributed by atoms with Crippen LogP contribution in [0.2, 0.25) is 0 Å². The third-order valence-electron chi connectivity index (χ3n) is 4.08. The fraction of sp³-hybridized carbons (Fsp3) is 0.500. The van der Waals surface area contributed by atoms with E-state index in [2.05, 4.69) is 11.0 Å². The van der Waals surface area contributed by atoms with Crippen LogP contribution in [-0.4, -0.2) is 47.8 Å². The van der Waals surface area contributed by atoms with Crippen LogP contribution in [-0.2, 0) is 4.79 Å². The van der Waals surface area contributed by atoms with Crippen molar-refractivity contribution in [3.63, 3.8) is 0 Å². The van der Waals surface area contributed by atoms with Crippen LogP contribution in [0, 0.1) is 0 Å². The fourth-order valence-corrected chi connectivity index (χ4v) is 2.94. The highest BCUT2D eigenvalue weighted by atomic mass is 16.5. The molecular formula is C14H18N2O3. The van der Waals surface area contributed by atoms with Gasteiger partial charge < -0.3 is 20.5 Å². The second-order valence-electron chi connectivity index (χ2n) is 5.49. The lowest BCUT2D eigenvalue weighted by Gasteiger charge is -2.22. The van der Waals surface area contributed by atoms with Gasteiger partial charge in [0.1, 0.15) is 11.3 Å². The van der Waals surface area contributed by atoms with E-state index in [1.54, 1.807) is 0 Å². The minimum Gasteiger partial charge on any atom is -0.493 e. The molecule has 5 heteroatoms. The van der Waals surface area contributed by atoms with Gasteiger partial charge in [-0.2, -0.15) is 0 Å². The first kappa shape index (κ1) is 12.4. The van der Waals surface area contributed by atoms with Gasteiger partial charge >= 0.3 is 5.97 Å². The van der Waals surface area contributed by atoms with Crippen molar-refractivity contribution in [2.24, 2.45) is 5.73 Å². The summed E-state index contributed by atoms with van der Waals surface area (Å²) in [5, 5.41) is 9.13. The minimum absolute atomic E-state index is 0.312. The molecule has 5 nitrogen and oxygen atoms in total. The van der Waals surface area contributed by atoms with Crippen LogP contribution >= 0.6 is 0 Å². The number of fused-ring (bicyclic) bond motifs is 1. The Balaban J connectivity index is 1.67. The van der Waals surface area contributed by atoms with Crippen LogP contribution in [0.3, 0.4) is 0 Å². The number of ether oxygens (including phenoxy) is 1. The predicted molar refractivity (Wildman–Crippen MR) is 70.3 cm³/mol. The van der Waals surface area contributed by atoms with Gasteiger partial charge in [-0.1, -0.05) is 18.2 Å². The van der Waals surface area contributed by atoms with E-state index in [9.17, 15) is 4.79 Å². The van der Waals surface area contributed by atoms with Gasteiger partial charge in [-0.25, -0.2) is 0 Å². The van der Waals surface area contributed by atoms with Gasteiger partial charge in [0.15, 0.2) is 0 Å². The van der Waals surface area contributed by atoms with Gasteiger partial charge in [-0.05, 0) is 12.5 Å². The van der Waals surface area contributed by atoms with Crippen molar-refractivity contribution >= 4 is 5.97 Å². The Morgan fingerprint density at radius 1 is 1.53 bits per heavy atom. The fourth-order valence-electron chi connectivity index (χ4n) is 2.94. The molecule has 0 radical (unpaired) electrons. The summed E-state index contributed by atoms with van der Waals surface area (Å²) in [5.41, 5.74) is 6.02. The number of rotatable bonds is 3. The smallest absolute Gasteiger partial charge is 0.325 e. The summed E-state index contributed by atoms with van der Waals surface area (Å²) in [6, 6.07) is 8.03. The summed E-state index contributed by atoms with van der Waals surface area (Å²) in [7, 11) is 0. The number of likely N-dealkylation sites (tertiary alicyclic amines) is 1. The topological polar surface area (TPSA) is 75.8 Å². The monoisotopic (exact) mass is 262 g/mol. The molecule has 1 fully saturated rings. The number of para-hydroxylation sites is 1. The van der Waals surface area contributed by atoms with E-state index >= 15 is 0 Å². The first-order chi connectivity index (χ1) is 9.08. The SMILES string of the molecule is NC1(C(=O)O)CCN(CC2COc3ccccc32)C1. The van der Waals surface area contributed by atoms with E-state index in [4.69, 9.17) is 15.6 Å². The number of carbonyl (C=O) groups is 1. The Morgan fingerprint density at radius 2 is 2.32 bits per heavy atom. The Morgan fingerprint density at radius 3 is 3.05 bits per heavy atom. The highest BCUT2D eigenvalue weighted by Gasteiger charge is 2.42. The van der Waals surface area contributed by atoms with Crippen LogP contribution in [0.15, 0.2) is 24.3 Å². The Kier molecular flexibility index (Phi) is 2.95. The van der Waals surface area contributed by atoms with E-state index in [0.29, 0.717) is 25.5 Å². The molecular weight excluding hydrogens is 244 g/mol. The summed E-state index contributed by atoms with van der Waals surface area (Å²) < 4.78 is 5.65. The maximum Gasteiger partial charge on any atom is 0.325 e. The van der Waals surface area contributed by atoms with Gasteiger partial charge in [0.25, 0.3) is 0 Å². The average Bonchev–Trinajstić information content (AvgIpc) is 2.96. The van der Waals surface area contributed by atoms with E-state index in [0.717, 1.165) is 18.8 Å². The van der Waals surface area contributed by atoms with Crippen molar-refractivity contribution in [2.45, 2.75) is 17.9 Å². The Bertz CT molecular complexity index is 505. The molecule has 2 aliphatic heterocycles. The molecule has 0 bridgehead atoms.